The molecule has 8 heteroatoms. The average molecular weight is 282 g/mol. The summed E-state index contributed by atoms with van der Waals surface area (Å²) in [6.45, 7) is 4.89. The lowest BCUT2D eigenvalue weighted by Crippen LogP contribution is -2.47. The van der Waals surface area contributed by atoms with Crippen molar-refractivity contribution in [3.63, 3.8) is 0 Å². The van der Waals surface area contributed by atoms with E-state index in [2.05, 4.69) is 16.9 Å². The van der Waals surface area contributed by atoms with Crippen molar-refractivity contribution in [3.05, 3.63) is 0 Å². The van der Waals surface area contributed by atoms with Gasteiger partial charge in [-0.25, -0.2) is 13.1 Å². The first kappa shape index (κ1) is 16.3. The molecule has 17 heavy (non-hydrogen) atoms. The van der Waals surface area contributed by atoms with Gasteiger partial charge in [0.25, 0.3) is 0 Å². The van der Waals surface area contributed by atoms with Gasteiger partial charge in [-0.2, -0.15) is 0 Å². The van der Waals surface area contributed by atoms with Crippen molar-refractivity contribution in [1.82, 2.24) is 4.72 Å². The van der Waals surface area contributed by atoms with Crippen LogP contribution in [0, 0.1) is 0 Å². The zero-order valence-electron chi connectivity index (χ0n) is 10.1. The second-order valence-electron chi connectivity index (χ2n) is 3.44. The van der Waals surface area contributed by atoms with Gasteiger partial charge in [-0.3, -0.25) is 4.79 Å². The van der Waals surface area contributed by atoms with Crippen molar-refractivity contribution in [3.8, 4) is 0 Å². The van der Waals surface area contributed by atoms with Crippen molar-refractivity contribution >= 4 is 33.2 Å². The fraction of sp³-hybridized carbons (Fsp3) is 0.778. The Labute approximate surface area is 107 Å². The molecule has 0 aliphatic heterocycles. The number of carbonyl (C=O) groups excluding carboxylic acids is 1. The Balaban J connectivity index is 4.75. The van der Waals surface area contributed by atoms with Gasteiger partial charge in [0, 0.05) is 0 Å². The molecule has 0 bridgehead atoms. The number of thiocarbonyl (C=S) groups is 1. The fourth-order valence-electron chi connectivity index (χ4n) is 1.22. The number of nitrogens with two attached hydrogens (primary N) is 1. The quantitative estimate of drug-likeness (QED) is 0.501. The van der Waals surface area contributed by atoms with E-state index in [4.69, 9.17) is 10.5 Å². The van der Waals surface area contributed by atoms with Crippen molar-refractivity contribution in [2.24, 2.45) is 5.73 Å². The van der Waals surface area contributed by atoms with E-state index in [1.54, 1.807) is 13.8 Å². The van der Waals surface area contributed by atoms with Crippen molar-refractivity contribution in [1.29, 1.82) is 0 Å². The molecule has 0 aromatic heterocycles. The molecular formula is C9H18N2O4S2. The van der Waals surface area contributed by atoms with Crippen LogP contribution in [0.5, 0.6) is 0 Å². The van der Waals surface area contributed by atoms with Gasteiger partial charge in [0.15, 0.2) is 0 Å². The summed E-state index contributed by atoms with van der Waals surface area (Å²) in [5.74, 6) is -0.631. The molecule has 0 saturated carbocycles. The number of ether oxygens (including phenoxy) is 1. The van der Waals surface area contributed by atoms with E-state index < -0.39 is 27.3 Å². The Morgan fingerprint density at radius 3 is 2.35 bits per heavy atom. The van der Waals surface area contributed by atoms with E-state index in [0.717, 1.165) is 0 Å². The Bertz CT molecular complexity index is 380. The Morgan fingerprint density at radius 1 is 1.47 bits per heavy atom. The van der Waals surface area contributed by atoms with Gasteiger partial charge >= 0.3 is 5.97 Å². The molecule has 3 N–H and O–H groups in total. The minimum absolute atomic E-state index is 0.115. The van der Waals surface area contributed by atoms with Gasteiger partial charge < -0.3 is 10.5 Å². The molecule has 2 atom stereocenters. The maximum Gasteiger partial charge on any atom is 0.323 e. The molecule has 0 aliphatic carbocycles. The number of sulfonamides is 1. The van der Waals surface area contributed by atoms with Crippen LogP contribution in [0.2, 0.25) is 0 Å². The maximum absolute atomic E-state index is 11.8. The highest BCUT2D eigenvalue weighted by molar-refractivity contribution is 7.93. The summed E-state index contributed by atoms with van der Waals surface area (Å²) in [7, 11) is -3.75. The zero-order valence-corrected chi connectivity index (χ0v) is 11.7. The van der Waals surface area contributed by atoms with Gasteiger partial charge in [0.05, 0.1) is 11.6 Å². The highest BCUT2D eigenvalue weighted by Gasteiger charge is 2.30. The zero-order chi connectivity index (χ0) is 13.6. The van der Waals surface area contributed by atoms with E-state index in [0.29, 0.717) is 0 Å². The number of rotatable bonds is 7. The monoisotopic (exact) mass is 282 g/mol. The molecule has 100 valence electrons. The molecule has 0 radical (unpaired) electrons. The molecule has 0 aliphatic rings. The summed E-state index contributed by atoms with van der Waals surface area (Å²) < 4.78 is 30.6. The highest BCUT2D eigenvalue weighted by Crippen LogP contribution is 2.06. The average Bonchev–Trinajstić information content (AvgIpc) is 2.16. The standard InChI is InChI=1S/C9H18N2O4S2/c1-4-7(8(10)16)17(13,14)11-6(3)9(12)15-5-2/h6-7,11H,4-5H2,1-3H3,(H2,10,16). The summed E-state index contributed by atoms with van der Waals surface area (Å²) in [5.41, 5.74) is 5.34. The maximum atomic E-state index is 11.8. The molecule has 0 spiro atoms. The summed E-state index contributed by atoms with van der Waals surface area (Å²) in [6.07, 6.45) is 0.250. The number of nitrogens with one attached hydrogen (secondary N) is 1. The van der Waals surface area contributed by atoms with Crippen LogP contribution < -0.4 is 10.5 Å². The van der Waals surface area contributed by atoms with E-state index in [1.165, 1.54) is 6.92 Å². The predicted molar refractivity (Wildman–Crippen MR) is 69.0 cm³/mol. The van der Waals surface area contributed by atoms with Crippen LogP contribution in [0.25, 0.3) is 0 Å². The van der Waals surface area contributed by atoms with E-state index in [9.17, 15) is 13.2 Å². The van der Waals surface area contributed by atoms with Crippen LogP contribution in [-0.2, 0) is 19.6 Å². The molecular weight excluding hydrogens is 264 g/mol. The van der Waals surface area contributed by atoms with Crippen LogP contribution in [-0.4, -0.2) is 37.3 Å². The lowest BCUT2D eigenvalue weighted by Gasteiger charge is -2.18. The number of hydrogen-bond acceptors (Lipinski definition) is 5. The normalized spacial score (nSPS) is 15.0. The summed E-state index contributed by atoms with van der Waals surface area (Å²) in [4.78, 5) is 11.2. The summed E-state index contributed by atoms with van der Waals surface area (Å²) in [6, 6.07) is -0.955. The van der Waals surface area contributed by atoms with Gasteiger partial charge in [0.1, 0.15) is 11.3 Å². The van der Waals surface area contributed by atoms with E-state index in [-0.39, 0.29) is 18.0 Å². The molecule has 0 aromatic rings. The third-order valence-electron chi connectivity index (χ3n) is 2.04. The number of hydrogen-bond donors (Lipinski definition) is 2. The van der Waals surface area contributed by atoms with Crippen LogP contribution in [0.1, 0.15) is 27.2 Å². The molecule has 0 amide bonds. The Kier molecular flexibility index (Phi) is 6.58. The first-order valence-electron chi connectivity index (χ1n) is 5.23. The lowest BCUT2D eigenvalue weighted by atomic mass is 10.3. The third-order valence-corrected chi connectivity index (χ3v) is 4.50. The SMILES string of the molecule is CCOC(=O)C(C)NS(=O)(=O)C(CC)C(N)=S. The van der Waals surface area contributed by atoms with Crippen molar-refractivity contribution in [2.75, 3.05) is 6.61 Å². The van der Waals surface area contributed by atoms with Gasteiger partial charge in [0.2, 0.25) is 10.0 Å². The molecule has 0 heterocycles. The van der Waals surface area contributed by atoms with Gasteiger partial charge in [-0.15, -0.1) is 0 Å². The summed E-state index contributed by atoms with van der Waals surface area (Å²) >= 11 is 4.68. The van der Waals surface area contributed by atoms with Crippen molar-refractivity contribution in [2.45, 2.75) is 38.5 Å². The molecule has 6 nitrogen and oxygen atoms in total. The molecule has 0 aromatic carbocycles. The van der Waals surface area contributed by atoms with Crippen LogP contribution in [0.4, 0.5) is 0 Å². The minimum Gasteiger partial charge on any atom is -0.465 e. The fourth-order valence-corrected chi connectivity index (χ4v) is 3.26. The van der Waals surface area contributed by atoms with E-state index >= 15 is 0 Å². The van der Waals surface area contributed by atoms with Crippen LogP contribution >= 0.6 is 12.2 Å². The predicted octanol–water partition coefficient (Wildman–Crippen LogP) is -0.0779. The third kappa shape index (κ3) is 4.97. The first-order valence-corrected chi connectivity index (χ1v) is 7.18. The van der Waals surface area contributed by atoms with Gasteiger partial charge in [-0.05, 0) is 20.3 Å². The lowest BCUT2D eigenvalue weighted by molar-refractivity contribution is -0.144. The minimum atomic E-state index is -3.75. The smallest absolute Gasteiger partial charge is 0.323 e. The number of esters is 1. The Hall–Kier alpha value is -0.730. The highest BCUT2D eigenvalue weighted by atomic mass is 32.2. The first-order chi connectivity index (χ1) is 7.76. The largest absolute Gasteiger partial charge is 0.465 e. The van der Waals surface area contributed by atoms with Crippen LogP contribution in [0.3, 0.4) is 0 Å². The topological polar surface area (TPSA) is 98.5 Å². The van der Waals surface area contributed by atoms with Crippen LogP contribution in [0.15, 0.2) is 0 Å². The molecule has 2 unspecified atom stereocenters. The van der Waals surface area contributed by atoms with Gasteiger partial charge in [-0.1, -0.05) is 19.1 Å². The molecule has 0 fully saturated rings. The second-order valence-corrected chi connectivity index (χ2v) is 5.80. The van der Waals surface area contributed by atoms with Crippen molar-refractivity contribution < 1.29 is 17.9 Å². The molecule has 0 rings (SSSR count). The summed E-state index contributed by atoms with van der Waals surface area (Å²) in [5, 5.41) is -0.977. The van der Waals surface area contributed by atoms with E-state index in [1.807, 2.05) is 0 Å². The second kappa shape index (κ2) is 6.87. The number of carbonyl (C=O) groups is 1. The Morgan fingerprint density at radius 2 is 2.00 bits per heavy atom. The molecule has 0 saturated heterocycles.